The SMILES string of the molecule is CON=C(C(=O)Cl)c1cc2sc(Cl)cc2s1. The Morgan fingerprint density at radius 3 is 2.62 bits per heavy atom. The van der Waals surface area contributed by atoms with Crippen molar-refractivity contribution in [3.05, 3.63) is 21.3 Å². The molecular weight excluding hydrogens is 289 g/mol. The Kier molecular flexibility index (Phi) is 3.49. The molecule has 0 unspecified atom stereocenters. The van der Waals surface area contributed by atoms with Gasteiger partial charge in [-0.15, -0.1) is 22.7 Å². The number of halogens is 2. The van der Waals surface area contributed by atoms with E-state index in [2.05, 4.69) is 9.99 Å². The van der Waals surface area contributed by atoms with Crippen LogP contribution >= 0.6 is 45.9 Å². The first-order valence-electron chi connectivity index (χ1n) is 4.12. The third kappa shape index (κ3) is 2.22. The molecule has 0 aliphatic heterocycles. The fourth-order valence-electron chi connectivity index (χ4n) is 1.19. The molecule has 3 nitrogen and oxygen atoms in total. The van der Waals surface area contributed by atoms with E-state index in [9.17, 15) is 4.79 Å². The highest BCUT2D eigenvalue weighted by molar-refractivity contribution is 7.30. The van der Waals surface area contributed by atoms with Gasteiger partial charge in [0.1, 0.15) is 7.11 Å². The Balaban J connectivity index is 2.49. The van der Waals surface area contributed by atoms with Crippen LogP contribution in [0.2, 0.25) is 4.34 Å². The van der Waals surface area contributed by atoms with Crippen molar-refractivity contribution < 1.29 is 9.63 Å². The van der Waals surface area contributed by atoms with Gasteiger partial charge in [0, 0.05) is 9.40 Å². The van der Waals surface area contributed by atoms with E-state index in [1.54, 1.807) is 0 Å². The molecule has 2 aromatic heterocycles. The molecule has 0 spiro atoms. The number of thiophene rings is 2. The van der Waals surface area contributed by atoms with Gasteiger partial charge >= 0.3 is 0 Å². The molecule has 0 N–H and O–H groups in total. The van der Waals surface area contributed by atoms with Crippen molar-refractivity contribution in [2.75, 3.05) is 7.11 Å². The lowest BCUT2D eigenvalue weighted by Gasteiger charge is -1.94. The first-order chi connectivity index (χ1) is 7.61. The molecule has 0 bridgehead atoms. The first kappa shape index (κ1) is 11.9. The smallest absolute Gasteiger partial charge is 0.275 e. The molecule has 0 radical (unpaired) electrons. The van der Waals surface area contributed by atoms with Gasteiger partial charge < -0.3 is 4.84 Å². The molecular formula is C9H5Cl2NO2S2. The minimum absolute atomic E-state index is 0.119. The summed E-state index contributed by atoms with van der Waals surface area (Å²) >= 11 is 14.1. The standard InChI is InChI=1S/C9H5Cl2NO2S2/c1-14-12-8(9(11)13)6-2-4-5(15-6)3-7(10)16-4/h2-3H,1H3. The second kappa shape index (κ2) is 4.71. The largest absolute Gasteiger partial charge is 0.398 e. The van der Waals surface area contributed by atoms with Crippen LogP contribution < -0.4 is 0 Å². The molecule has 2 rings (SSSR count). The molecule has 0 aromatic carbocycles. The zero-order valence-electron chi connectivity index (χ0n) is 7.99. The van der Waals surface area contributed by atoms with Crippen molar-refractivity contribution in [2.45, 2.75) is 0 Å². The van der Waals surface area contributed by atoms with E-state index in [4.69, 9.17) is 23.2 Å². The van der Waals surface area contributed by atoms with Gasteiger partial charge in [-0.3, -0.25) is 4.79 Å². The molecule has 0 amide bonds. The topological polar surface area (TPSA) is 38.7 Å². The van der Waals surface area contributed by atoms with Crippen LogP contribution in [-0.4, -0.2) is 18.1 Å². The van der Waals surface area contributed by atoms with E-state index in [1.165, 1.54) is 29.8 Å². The second-order valence-corrected chi connectivity index (χ2v) is 5.93. The normalized spacial score (nSPS) is 12.1. The van der Waals surface area contributed by atoms with Crippen LogP contribution in [0.1, 0.15) is 4.88 Å². The minimum atomic E-state index is -0.637. The zero-order chi connectivity index (χ0) is 11.7. The fourth-order valence-corrected chi connectivity index (χ4v) is 3.91. The van der Waals surface area contributed by atoms with Crippen LogP contribution in [0.5, 0.6) is 0 Å². The number of hydrogen-bond acceptors (Lipinski definition) is 5. The van der Waals surface area contributed by atoms with Crippen LogP contribution in [0, 0.1) is 0 Å². The van der Waals surface area contributed by atoms with Crippen molar-refractivity contribution in [1.82, 2.24) is 0 Å². The molecule has 0 aliphatic carbocycles. The molecule has 2 aromatic rings. The highest BCUT2D eigenvalue weighted by Crippen LogP contribution is 2.36. The molecule has 0 aliphatic rings. The monoisotopic (exact) mass is 293 g/mol. The van der Waals surface area contributed by atoms with E-state index in [-0.39, 0.29) is 5.71 Å². The number of hydrogen-bond donors (Lipinski definition) is 0. The Hall–Kier alpha value is -0.620. The lowest BCUT2D eigenvalue weighted by Crippen LogP contribution is -2.07. The van der Waals surface area contributed by atoms with E-state index in [0.29, 0.717) is 4.88 Å². The summed E-state index contributed by atoms with van der Waals surface area (Å²) in [6.45, 7) is 0. The highest BCUT2D eigenvalue weighted by Gasteiger charge is 2.16. The summed E-state index contributed by atoms with van der Waals surface area (Å²) in [7, 11) is 1.37. The average Bonchev–Trinajstić information content (AvgIpc) is 2.70. The predicted octanol–water partition coefficient (Wildman–Crippen LogP) is 3.73. The maximum atomic E-state index is 11.1. The molecule has 0 saturated carbocycles. The van der Waals surface area contributed by atoms with Crippen LogP contribution in [0.25, 0.3) is 9.40 Å². The van der Waals surface area contributed by atoms with E-state index in [0.717, 1.165) is 13.7 Å². The van der Waals surface area contributed by atoms with Crippen LogP contribution in [0.4, 0.5) is 0 Å². The third-order valence-corrected chi connectivity index (χ3v) is 4.39. The highest BCUT2D eigenvalue weighted by atomic mass is 35.5. The number of nitrogens with zero attached hydrogens (tertiary/aromatic N) is 1. The van der Waals surface area contributed by atoms with Gasteiger partial charge in [0.2, 0.25) is 0 Å². The first-order valence-corrected chi connectivity index (χ1v) is 6.51. The van der Waals surface area contributed by atoms with Crippen molar-refractivity contribution >= 4 is 66.2 Å². The number of carbonyl (C=O) groups excluding carboxylic acids is 1. The molecule has 0 fully saturated rings. The van der Waals surface area contributed by atoms with Gasteiger partial charge in [-0.2, -0.15) is 0 Å². The molecule has 7 heteroatoms. The zero-order valence-corrected chi connectivity index (χ0v) is 11.1. The van der Waals surface area contributed by atoms with Gasteiger partial charge in [-0.25, -0.2) is 0 Å². The Labute approximate surface area is 109 Å². The molecule has 16 heavy (non-hydrogen) atoms. The quantitative estimate of drug-likeness (QED) is 0.491. The summed E-state index contributed by atoms with van der Waals surface area (Å²) in [5.41, 5.74) is 0.119. The third-order valence-electron chi connectivity index (χ3n) is 1.78. The van der Waals surface area contributed by atoms with Crippen LogP contribution in [-0.2, 0) is 9.63 Å². The summed E-state index contributed by atoms with van der Waals surface area (Å²) < 4.78 is 2.73. The van der Waals surface area contributed by atoms with Gasteiger partial charge in [0.25, 0.3) is 5.24 Å². The Morgan fingerprint density at radius 1 is 1.38 bits per heavy atom. The molecule has 0 atom stereocenters. The fraction of sp³-hybridized carbons (Fsp3) is 0.111. The average molecular weight is 294 g/mol. The van der Waals surface area contributed by atoms with Crippen molar-refractivity contribution in [3.63, 3.8) is 0 Å². The summed E-state index contributed by atoms with van der Waals surface area (Å²) in [5, 5.41) is 2.97. The maximum absolute atomic E-state index is 11.1. The lowest BCUT2D eigenvalue weighted by atomic mass is 10.3. The van der Waals surface area contributed by atoms with E-state index in [1.807, 2.05) is 12.1 Å². The summed E-state index contributed by atoms with van der Waals surface area (Å²) in [6, 6.07) is 3.67. The predicted molar refractivity (Wildman–Crippen MR) is 69.1 cm³/mol. The summed E-state index contributed by atoms with van der Waals surface area (Å²) in [5.74, 6) is 0. The van der Waals surface area contributed by atoms with Crippen molar-refractivity contribution in [2.24, 2.45) is 5.16 Å². The lowest BCUT2D eigenvalue weighted by molar-refractivity contribution is -0.106. The van der Waals surface area contributed by atoms with Crippen LogP contribution in [0.3, 0.4) is 0 Å². The van der Waals surface area contributed by atoms with Crippen LogP contribution in [0.15, 0.2) is 17.3 Å². The molecule has 0 saturated heterocycles. The van der Waals surface area contributed by atoms with Gasteiger partial charge in [0.15, 0.2) is 5.71 Å². The maximum Gasteiger partial charge on any atom is 0.275 e. The number of oxime groups is 1. The summed E-state index contributed by atoms with van der Waals surface area (Å²) in [6.07, 6.45) is 0. The minimum Gasteiger partial charge on any atom is -0.398 e. The van der Waals surface area contributed by atoms with Gasteiger partial charge in [-0.1, -0.05) is 16.8 Å². The van der Waals surface area contributed by atoms with Crippen molar-refractivity contribution in [1.29, 1.82) is 0 Å². The number of rotatable bonds is 3. The van der Waals surface area contributed by atoms with E-state index >= 15 is 0 Å². The number of fused-ring (bicyclic) bond motifs is 1. The number of carbonyl (C=O) groups is 1. The van der Waals surface area contributed by atoms with Gasteiger partial charge in [0.05, 0.1) is 9.21 Å². The van der Waals surface area contributed by atoms with E-state index < -0.39 is 5.24 Å². The Bertz CT molecular complexity index is 542. The molecule has 84 valence electrons. The summed E-state index contributed by atoms with van der Waals surface area (Å²) in [4.78, 5) is 16.4. The Morgan fingerprint density at radius 2 is 2.06 bits per heavy atom. The second-order valence-electron chi connectivity index (χ2n) is 2.79. The van der Waals surface area contributed by atoms with Gasteiger partial charge in [-0.05, 0) is 23.7 Å². The molecule has 2 heterocycles. The van der Waals surface area contributed by atoms with Crippen molar-refractivity contribution in [3.8, 4) is 0 Å².